The van der Waals surface area contributed by atoms with E-state index in [0.29, 0.717) is 12.5 Å². The van der Waals surface area contributed by atoms with E-state index in [0.717, 1.165) is 37.8 Å². The van der Waals surface area contributed by atoms with Crippen molar-refractivity contribution in [3.8, 4) is 0 Å². The first-order valence-corrected chi connectivity index (χ1v) is 9.53. The van der Waals surface area contributed by atoms with Gasteiger partial charge in [0.1, 0.15) is 0 Å². The number of carboxylic acid groups (broad SMARTS) is 1. The number of anilines is 1. The van der Waals surface area contributed by atoms with E-state index in [1.54, 1.807) is 0 Å². The van der Waals surface area contributed by atoms with Crippen LogP contribution in [0.25, 0.3) is 0 Å². The smallest absolute Gasteiger partial charge is 0.319 e. The van der Waals surface area contributed by atoms with E-state index in [1.165, 1.54) is 11.1 Å². The molecule has 1 saturated carbocycles. The SMILES string of the molecule is O=C(NCCc1ccccc1)Nc1ccc([C@H]2CC[C@H](C(=O)O)CC2)cc1. The molecule has 0 aromatic heterocycles. The number of benzene rings is 2. The van der Waals surface area contributed by atoms with Gasteiger partial charge in [0.05, 0.1) is 5.92 Å². The number of hydrogen-bond acceptors (Lipinski definition) is 2. The molecule has 5 heteroatoms. The van der Waals surface area contributed by atoms with Gasteiger partial charge in [-0.3, -0.25) is 4.79 Å². The Hall–Kier alpha value is -2.82. The van der Waals surface area contributed by atoms with Crippen molar-refractivity contribution >= 4 is 17.7 Å². The van der Waals surface area contributed by atoms with Gasteiger partial charge in [0.2, 0.25) is 0 Å². The van der Waals surface area contributed by atoms with E-state index in [4.69, 9.17) is 5.11 Å². The normalized spacial score (nSPS) is 19.3. The summed E-state index contributed by atoms with van der Waals surface area (Å²) >= 11 is 0. The second-order valence-electron chi connectivity index (χ2n) is 7.13. The number of carbonyl (C=O) groups excluding carboxylic acids is 1. The number of urea groups is 1. The van der Waals surface area contributed by atoms with Crippen LogP contribution in [-0.4, -0.2) is 23.7 Å². The Morgan fingerprint density at radius 1 is 0.926 bits per heavy atom. The van der Waals surface area contributed by atoms with Crippen LogP contribution in [0.4, 0.5) is 10.5 Å². The minimum Gasteiger partial charge on any atom is -0.481 e. The Bertz CT molecular complexity index is 751. The van der Waals surface area contributed by atoms with Crippen LogP contribution in [0, 0.1) is 5.92 Å². The lowest BCUT2D eigenvalue weighted by Gasteiger charge is -2.26. The van der Waals surface area contributed by atoms with Crippen LogP contribution in [-0.2, 0) is 11.2 Å². The standard InChI is InChI=1S/C22H26N2O3/c25-21(26)19-8-6-17(7-9-19)18-10-12-20(13-11-18)24-22(27)23-15-14-16-4-2-1-3-5-16/h1-5,10-13,17,19H,6-9,14-15H2,(H,25,26)(H2,23,24,27)/t17-,19-. The van der Waals surface area contributed by atoms with E-state index in [9.17, 15) is 9.59 Å². The molecule has 0 radical (unpaired) electrons. The lowest BCUT2D eigenvalue weighted by Crippen LogP contribution is -2.30. The first-order chi connectivity index (χ1) is 13.1. The highest BCUT2D eigenvalue weighted by molar-refractivity contribution is 5.89. The third-order valence-corrected chi connectivity index (χ3v) is 5.26. The molecule has 2 amide bonds. The summed E-state index contributed by atoms with van der Waals surface area (Å²) in [5.74, 6) is -0.456. The highest BCUT2D eigenvalue weighted by atomic mass is 16.4. The summed E-state index contributed by atoms with van der Waals surface area (Å²) < 4.78 is 0. The molecule has 0 bridgehead atoms. The molecule has 5 nitrogen and oxygen atoms in total. The summed E-state index contributed by atoms with van der Waals surface area (Å²) in [4.78, 5) is 23.1. The van der Waals surface area contributed by atoms with Crippen molar-refractivity contribution in [2.24, 2.45) is 5.92 Å². The summed E-state index contributed by atoms with van der Waals surface area (Å²) in [5, 5.41) is 14.8. The number of rotatable bonds is 6. The van der Waals surface area contributed by atoms with Gasteiger partial charge in [-0.2, -0.15) is 0 Å². The molecule has 0 atom stereocenters. The Kier molecular flexibility index (Phi) is 6.47. The molecule has 3 N–H and O–H groups in total. The van der Waals surface area contributed by atoms with Gasteiger partial charge in [-0.1, -0.05) is 42.5 Å². The minimum atomic E-state index is -0.675. The van der Waals surface area contributed by atoms with Crippen LogP contribution in [0.2, 0.25) is 0 Å². The molecule has 0 saturated heterocycles. The van der Waals surface area contributed by atoms with Crippen molar-refractivity contribution in [3.63, 3.8) is 0 Å². The number of carboxylic acids is 1. The maximum absolute atomic E-state index is 12.0. The van der Waals surface area contributed by atoms with Gasteiger partial charge in [-0.05, 0) is 61.3 Å². The molecular weight excluding hydrogens is 340 g/mol. The quantitative estimate of drug-likeness (QED) is 0.708. The largest absolute Gasteiger partial charge is 0.481 e. The Balaban J connectivity index is 1.43. The molecule has 1 aliphatic carbocycles. The molecule has 142 valence electrons. The molecule has 1 fully saturated rings. The highest BCUT2D eigenvalue weighted by Gasteiger charge is 2.26. The summed E-state index contributed by atoms with van der Waals surface area (Å²) in [7, 11) is 0. The second kappa shape index (κ2) is 9.21. The third kappa shape index (κ3) is 5.58. The van der Waals surface area contributed by atoms with Gasteiger partial charge in [0.15, 0.2) is 0 Å². The zero-order valence-corrected chi connectivity index (χ0v) is 15.4. The first-order valence-electron chi connectivity index (χ1n) is 9.53. The molecule has 2 aromatic carbocycles. The number of nitrogens with one attached hydrogen (secondary N) is 2. The van der Waals surface area contributed by atoms with Crippen LogP contribution in [0.3, 0.4) is 0 Å². The number of hydrogen-bond donors (Lipinski definition) is 3. The maximum Gasteiger partial charge on any atom is 0.319 e. The number of amides is 2. The minimum absolute atomic E-state index is 0.193. The molecule has 0 aliphatic heterocycles. The topological polar surface area (TPSA) is 78.4 Å². The van der Waals surface area contributed by atoms with E-state index >= 15 is 0 Å². The third-order valence-electron chi connectivity index (χ3n) is 5.26. The van der Waals surface area contributed by atoms with Crippen molar-refractivity contribution < 1.29 is 14.7 Å². The van der Waals surface area contributed by atoms with Crippen molar-refractivity contribution in [1.82, 2.24) is 5.32 Å². The Morgan fingerprint density at radius 3 is 2.22 bits per heavy atom. The zero-order chi connectivity index (χ0) is 19.1. The lowest BCUT2D eigenvalue weighted by atomic mass is 9.79. The van der Waals surface area contributed by atoms with Crippen molar-refractivity contribution in [1.29, 1.82) is 0 Å². The zero-order valence-electron chi connectivity index (χ0n) is 15.4. The fourth-order valence-corrected chi connectivity index (χ4v) is 3.65. The average molecular weight is 366 g/mol. The lowest BCUT2D eigenvalue weighted by molar-refractivity contribution is -0.142. The van der Waals surface area contributed by atoms with Gasteiger partial charge in [-0.25, -0.2) is 4.79 Å². The van der Waals surface area contributed by atoms with Gasteiger partial charge in [-0.15, -0.1) is 0 Å². The van der Waals surface area contributed by atoms with E-state index in [-0.39, 0.29) is 11.9 Å². The molecule has 0 unspecified atom stereocenters. The Morgan fingerprint density at radius 2 is 1.59 bits per heavy atom. The van der Waals surface area contributed by atoms with Crippen molar-refractivity contribution in [2.45, 2.75) is 38.0 Å². The highest BCUT2D eigenvalue weighted by Crippen LogP contribution is 2.36. The Labute approximate surface area is 159 Å². The van der Waals surface area contributed by atoms with E-state index in [2.05, 4.69) is 10.6 Å². The average Bonchev–Trinajstić information content (AvgIpc) is 2.69. The molecule has 2 aromatic rings. The second-order valence-corrected chi connectivity index (χ2v) is 7.13. The van der Waals surface area contributed by atoms with E-state index < -0.39 is 5.97 Å². The summed E-state index contributed by atoms with van der Waals surface area (Å²) in [6.07, 6.45) is 4.09. The molecule has 0 heterocycles. The van der Waals surface area contributed by atoms with Gasteiger partial charge >= 0.3 is 12.0 Å². The molecular formula is C22H26N2O3. The molecule has 0 spiro atoms. The van der Waals surface area contributed by atoms with Crippen LogP contribution < -0.4 is 10.6 Å². The predicted octanol–water partition coefficient (Wildman–Crippen LogP) is 4.41. The number of carbonyl (C=O) groups is 2. The molecule has 3 rings (SSSR count). The van der Waals surface area contributed by atoms with Crippen molar-refractivity contribution in [3.05, 3.63) is 65.7 Å². The van der Waals surface area contributed by atoms with Gasteiger partial charge in [0, 0.05) is 12.2 Å². The number of aliphatic carboxylic acids is 1. The monoisotopic (exact) mass is 366 g/mol. The fraction of sp³-hybridized carbons (Fsp3) is 0.364. The molecule has 1 aliphatic rings. The summed E-state index contributed by atoms with van der Waals surface area (Å²) in [5.41, 5.74) is 3.17. The molecule has 27 heavy (non-hydrogen) atoms. The predicted molar refractivity (Wildman–Crippen MR) is 106 cm³/mol. The van der Waals surface area contributed by atoms with Crippen LogP contribution >= 0.6 is 0 Å². The fourth-order valence-electron chi connectivity index (χ4n) is 3.65. The van der Waals surface area contributed by atoms with Gasteiger partial charge in [0.25, 0.3) is 0 Å². The summed E-state index contributed by atoms with van der Waals surface area (Å²) in [6.45, 7) is 0.584. The van der Waals surface area contributed by atoms with E-state index in [1.807, 2.05) is 54.6 Å². The first kappa shape index (κ1) is 19.0. The summed E-state index contributed by atoms with van der Waals surface area (Å²) in [6, 6.07) is 17.7. The van der Waals surface area contributed by atoms with Crippen LogP contribution in [0.15, 0.2) is 54.6 Å². The van der Waals surface area contributed by atoms with Crippen LogP contribution in [0.5, 0.6) is 0 Å². The van der Waals surface area contributed by atoms with Gasteiger partial charge < -0.3 is 15.7 Å². The maximum atomic E-state index is 12.0. The van der Waals surface area contributed by atoms with Crippen LogP contribution in [0.1, 0.15) is 42.7 Å². The van der Waals surface area contributed by atoms with Crippen molar-refractivity contribution in [2.75, 3.05) is 11.9 Å².